The van der Waals surface area contributed by atoms with Gasteiger partial charge in [-0.1, -0.05) is 78.9 Å². The van der Waals surface area contributed by atoms with E-state index in [0.717, 1.165) is 27.5 Å². The van der Waals surface area contributed by atoms with Crippen LogP contribution < -0.4 is 4.90 Å². The normalized spacial score (nSPS) is 19.9. The number of rotatable bonds is 2. The Morgan fingerprint density at radius 3 is 2.26 bits per heavy atom. The van der Waals surface area contributed by atoms with Crippen LogP contribution in [-0.2, 0) is 10.3 Å². The number of Topliss-reactive ketones (excluding diaryl/α,β-unsaturated/α-hetero) is 1. The van der Waals surface area contributed by atoms with Crippen molar-refractivity contribution < 1.29 is 9.59 Å². The predicted molar refractivity (Wildman–Crippen MR) is 123 cm³/mol. The van der Waals surface area contributed by atoms with Gasteiger partial charge in [-0.15, -0.1) is 0 Å². The molecule has 2 heterocycles. The Labute approximate surface area is 180 Å². The van der Waals surface area contributed by atoms with Gasteiger partial charge in [0.15, 0.2) is 5.78 Å². The summed E-state index contributed by atoms with van der Waals surface area (Å²) in [5.41, 5.74) is 2.94. The standard InChI is InChI=1S/C28H19NO2/c30-26-17-22(21-15-14-19-8-4-5-9-20(19)16-21)18-28(23-10-2-1-3-11-23)27(31)24-12-6-7-13-25(24)29(26)28/h1-17H,18H2/t28-/m0/s1. The zero-order valence-electron chi connectivity index (χ0n) is 16.8. The highest BCUT2D eigenvalue weighted by Gasteiger charge is 2.56. The maximum Gasteiger partial charge on any atom is 0.252 e. The fourth-order valence-electron chi connectivity index (χ4n) is 5.05. The smallest absolute Gasteiger partial charge is 0.252 e. The van der Waals surface area contributed by atoms with E-state index in [-0.39, 0.29) is 11.7 Å². The van der Waals surface area contributed by atoms with Gasteiger partial charge in [-0.05, 0) is 45.7 Å². The Morgan fingerprint density at radius 1 is 0.710 bits per heavy atom. The fraction of sp³-hybridized carbons (Fsp3) is 0.0714. The summed E-state index contributed by atoms with van der Waals surface area (Å²) < 4.78 is 0. The summed E-state index contributed by atoms with van der Waals surface area (Å²) in [6.45, 7) is 0. The van der Waals surface area contributed by atoms with Crippen LogP contribution in [0.5, 0.6) is 0 Å². The summed E-state index contributed by atoms with van der Waals surface area (Å²) in [5.74, 6) is -0.175. The second kappa shape index (κ2) is 6.51. The maximum atomic E-state index is 13.9. The molecule has 1 atom stereocenters. The largest absolute Gasteiger partial charge is 0.291 e. The molecule has 0 saturated carbocycles. The third kappa shape index (κ3) is 2.47. The molecule has 6 rings (SSSR count). The van der Waals surface area contributed by atoms with E-state index in [2.05, 4.69) is 24.3 Å². The average molecular weight is 401 g/mol. The molecular weight excluding hydrogens is 382 g/mol. The lowest BCUT2D eigenvalue weighted by molar-refractivity contribution is -0.115. The van der Waals surface area contributed by atoms with Gasteiger partial charge in [0.05, 0.1) is 5.69 Å². The van der Waals surface area contributed by atoms with Gasteiger partial charge in [-0.3, -0.25) is 14.5 Å². The monoisotopic (exact) mass is 401 g/mol. The van der Waals surface area contributed by atoms with Crippen LogP contribution in [0.4, 0.5) is 5.69 Å². The minimum absolute atomic E-state index is 0.0194. The maximum absolute atomic E-state index is 13.9. The van der Waals surface area contributed by atoms with E-state index in [0.29, 0.717) is 17.7 Å². The fourth-order valence-corrected chi connectivity index (χ4v) is 5.05. The second-order valence-corrected chi connectivity index (χ2v) is 8.15. The van der Waals surface area contributed by atoms with E-state index in [1.54, 1.807) is 11.0 Å². The number of anilines is 1. The molecule has 4 aromatic carbocycles. The molecule has 2 aliphatic rings. The molecule has 1 amide bonds. The van der Waals surface area contributed by atoms with Gasteiger partial charge < -0.3 is 0 Å². The van der Waals surface area contributed by atoms with Gasteiger partial charge in [0.25, 0.3) is 5.91 Å². The Balaban J connectivity index is 1.57. The number of carbonyl (C=O) groups is 2. The number of hydrogen-bond donors (Lipinski definition) is 0. The van der Waals surface area contributed by atoms with E-state index in [9.17, 15) is 9.59 Å². The van der Waals surface area contributed by atoms with Crippen molar-refractivity contribution >= 4 is 33.7 Å². The van der Waals surface area contributed by atoms with Crippen LogP contribution in [0.25, 0.3) is 16.3 Å². The van der Waals surface area contributed by atoms with Gasteiger partial charge in [0.2, 0.25) is 0 Å². The molecule has 0 radical (unpaired) electrons. The van der Waals surface area contributed by atoms with Crippen LogP contribution in [0.2, 0.25) is 0 Å². The van der Waals surface area contributed by atoms with Crippen molar-refractivity contribution in [1.82, 2.24) is 0 Å². The van der Waals surface area contributed by atoms with Crippen molar-refractivity contribution in [3.63, 3.8) is 0 Å². The van der Waals surface area contributed by atoms with Crippen LogP contribution in [0.15, 0.2) is 103 Å². The molecule has 0 spiro atoms. The molecule has 2 aliphatic heterocycles. The Kier molecular flexibility index (Phi) is 3.75. The van der Waals surface area contributed by atoms with Gasteiger partial charge in [-0.2, -0.15) is 0 Å². The number of benzene rings is 4. The van der Waals surface area contributed by atoms with E-state index >= 15 is 0 Å². The first kappa shape index (κ1) is 17.8. The van der Waals surface area contributed by atoms with Gasteiger partial charge >= 0.3 is 0 Å². The van der Waals surface area contributed by atoms with E-state index in [4.69, 9.17) is 0 Å². The third-order valence-electron chi connectivity index (χ3n) is 6.48. The molecule has 0 aliphatic carbocycles. The molecule has 3 heteroatoms. The molecule has 0 bridgehead atoms. The first-order valence-corrected chi connectivity index (χ1v) is 10.4. The van der Waals surface area contributed by atoms with Crippen LogP contribution in [-0.4, -0.2) is 11.7 Å². The first-order valence-electron chi connectivity index (χ1n) is 10.4. The van der Waals surface area contributed by atoms with Gasteiger partial charge in [-0.25, -0.2) is 0 Å². The van der Waals surface area contributed by atoms with Crippen molar-refractivity contribution in [2.45, 2.75) is 12.0 Å². The average Bonchev–Trinajstić information content (AvgIpc) is 3.09. The quantitative estimate of drug-likeness (QED) is 0.429. The Bertz CT molecular complexity index is 1400. The van der Waals surface area contributed by atoms with Crippen molar-refractivity contribution in [2.24, 2.45) is 0 Å². The zero-order chi connectivity index (χ0) is 21.0. The first-order chi connectivity index (χ1) is 15.2. The Morgan fingerprint density at radius 2 is 1.42 bits per heavy atom. The lowest BCUT2D eigenvalue weighted by Gasteiger charge is -2.41. The number of fused-ring (bicyclic) bond motifs is 4. The molecule has 0 saturated heterocycles. The topological polar surface area (TPSA) is 37.4 Å². The van der Waals surface area contributed by atoms with Crippen molar-refractivity contribution in [3.8, 4) is 0 Å². The van der Waals surface area contributed by atoms with Crippen molar-refractivity contribution in [1.29, 1.82) is 0 Å². The number of nitrogens with zero attached hydrogens (tertiary/aromatic N) is 1. The molecule has 148 valence electrons. The van der Waals surface area contributed by atoms with Crippen LogP contribution >= 0.6 is 0 Å². The predicted octanol–water partition coefficient (Wildman–Crippen LogP) is 5.75. The molecular formula is C28H19NO2. The van der Waals surface area contributed by atoms with E-state index in [1.165, 1.54) is 0 Å². The highest BCUT2D eigenvalue weighted by molar-refractivity contribution is 6.25. The van der Waals surface area contributed by atoms with Crippen LogP contribution in [0.1, 0.15) is 27.9 Å². The molecule has 0 N–H and O–H groups in total. The van der Waals surface area contributed by atoms with Gasteiger partial charge in [0.1, 0.15) is 5.54 Å². The molecule has 4 aromatic rings. The van der Waals surface area contributed by atoms with Crippen molar-refractivity contribution in [3.05, 3.63) is 120 Å². The molecule has 31 heavy (non-hydrogen) atoms. The minimum Gasteiger partial charge on any atom is -0.291 e. The third-order valence-corrected chi connectivity index (χ3v) is 6.48. The molecule has 0 unspecified atom stereocenters. The van der Waals surface area contributed by atoms with Crippen LogP contribution in [0, 0.1) is 0 Å². The van der Waals surface area contributed by atoms with Gasteiger partial charge in [0, 0.05) is 18.1 Å². The minimum atomic E-state index is -1.06. The van der Waals surface area contributed by atoms with Crippen LogP contribution in [0.3, 0.4) is 0 Å². The SMILES string of the molecule is O=C1C=C(c2ccc3ccccc3c2)C[C@]2(c3ccccc3)C(=O)c3ccccc3N12. The molecule has 3 nitrogen and oxygen atoms in total. The lowest BCUT2D eigenvalue weighted by atomic mass is 9.76. The number of para-hydroxylation sites is 1. The van der Waals surface area contributed by atoms with Crippen molar-refractivity contribution in [2.75, 3.05) is 4.90 Å². The number of amides is 1. The lowest BCUT2D eigenvalue weighted by Crippen LogP contribution is -2.52. The summed E-state index contributed by atoms with van der Waals surface area (Å²) in [4.78, 5) is 29.1. The van der Waals surface area contributed by atoms with E-state index in [1.807, 2.05) is 72.8 Å². The summed E-state index contributed by atoms with van der Waals surface area (Å²) in [6, 6.07) is 31.5. The number of hydrogen-bond acceptors (Lipinski definition) is 2. The second-order valence-electron chi connectivity index (χ2n) is 8.15. The summed E-state index contributed by atoms with van der Waals surface area (Å²) in [7, 11) is 0. The molecule has 0 fully saturated rings. The molecule has 0 aromatic heterocycles. The zero-order valence-corrected chi connectivity index (χ0v) is 16.8. The Hall–Kier alpha value is -3.98. The highest BCUT2D eigenvalue weighted by atomic mass is 16.2. The number of carbonyl (C=O) groups excluding carboxylic acids is 2. The van der Waals surface area contributed by atoms with E-state index < -0.39 is 5.54 Å². The highest BCUT2D eigenvalue weighted by Crippen LogP contribution is 2.52. The summed E-state index contributed by atoms with van der Waals surface area (Å²) in [5, 5.41) is 2.27. The summed E-state index contributed by atoms with van der Waals surface area (Å²) in [6.07, 6.45) is 2.13. The summed E-state index contributed by atoms with van der Waals surface area (Å²) >= 11 is 0. The number of ketones is 1.